The first-order chi connectivity index (χ1) is 13.0. The molecule has 1 amide bonds. The van der Waals surface area contributed by atoms with Crippen LogP contribution in [0, 0.1) is 0 Å². The average Bonchev–Trinajstić information content (AvgIpc) is 2.68. The molecular weight excluding hydrogens is 362 g/mol. The number of Topliss-reactive ketones (excluding diaryl/α,β-unsaturated/α-hetero) is 1. The molecule has 1 aliphatic rings. The first-order valence-corrected chi connectivity index (χ1v) is 9.60. The number of carbonyl (C=O) groups excluding carboxylic acids is 2. The van der Waals surface area contributed by atoms with E-state index in [0.717, 1.165) is 43.0 Å². The second-order valence-corrected chi connectivity index (χ2v) is 7.36. The van der Waals surface area contributed by atoms with Crippen molar-refractivity contribution in [1.29, 1.82) is 0 Å². The Kier molecular flexibility index (Phi) is 6.48. The molecule has 2 aromatic rings. The molecule has 0 radical (unpaired) electrons. The van der Waals surface area contributed by atoms with Crippen molar-refractivity contribution in [3.8, 4) is 0 Å². The molecule has 0 saturated carbocycles. The van der Waals surface area contributed by atoms with Crippen LogP contribution in [0.25, 0.3) is 0 Å². The lowest BCUT2D eigenvalue weighted by Gasteiger charge is -2.33. The van der Waals surface area contributed by atoms with Crippen LogP contribution in [0.1, 0.15) is 22.8 Å². The number of anilines is 1. The van der Waals surface area contributed by atoms with E-state index in [9.17, 15) is 9.59 Å². The van der Waals surface area contributed by atoms with Crippen molar-refractivity contribution >= 4 is 29.0 Å². The highest BCUT2D eigenvalue weighted by atomic mass is 35.5. The van der Waals surface area contributed by atoms with Gasteiger partial charge in [-0.2, -0.15) is 0 Å². The number of piperazine rings is 1. The molecule has 2 aromatic carbocycles. The van der Waals surface area contributed by atoms with Gasteiger partial charge in [0, 0.05) is 22.8 Å². The summed E-state index contributed by atoms with van der Waals surface area (Å²) < 4.78 is 0. The Morgan fingerprint density at radius 3 is 2.26 bits per heavy atom. The van der Waals surface area contributed by atoms with Crippen LogP contribution in [0.5, 0.6) is 0 Å². The van der Waals surface area contributed by atoms with Crippen LogP contribution in [0.2, 0.25) is 5.02 Å². The van der Waals surface area contributed by atoms with Gasteiger partial charge in [-0.05, 0) is 48.9 Å². The first kappa shape index (κ1) is 19.4. The predicted octanol–water partition coefficient (Wildman–Crippen LogP) is 1.56. The third-order valence-corrected chi connectivity index (χ3v) is 5.17. The molecule has 0 aliphatic carbocycles. The lowest BCUT2D eigenvalue weighted by Crippen LogP contribution is -3.15. The molecule has 0 bridgehead atoms. The minimum absolute atomic E-state index is 0.0687. The van der Waals surface area contributed by atoms with Crippen LogP contribution in [0.15, 0.2) is 48.5 Å². The molecule has 5 nitrogen and oxygen atoms in total. The number of hydrogen-bond donors (Lipinski definition) is 2. The van der Waals surface area contributed by atoms with E-state index in [0.29, 0.717) is 18.1 Å². The number of rotatable bonds is 6. The highest BCUT2D eigenvalue weighted by Gasteiger charge is 2.22. The number of benzene rings is 2. The minimum atomic E-state index is 0.0687. The van der Waals surface area contributed by atoms with Gasteiger partial charge in [0.1, 0.15) is 0 Å². The van der Waals surface area contributed by atoms with Gasteiger partial charge >= 0.3 is 0 Å². The van der Waals surface area contributed by atoms with Gasteiger partial charge in [-0.3, -0.25) is 9.59 Å². The molecule has 0 spiro atoms. The maximum atomic E-state index is 12.2. The van der Waals surface area contributed by atoms with E-state index in [-0.39, 0.29) is 11.7 Å². The van der Waals surface area contributed by atoms with Crippen LogP contribution >= 0.6 is 11.6 Å². The Morgan fingerprint density at radius 2 is 1.67 bits per heavy atom. The largest absolute Gasteiger partial charge is 0.360 e. The Morgan fingerprint density at radius 1 is 1.04 bits per heavy atom. The fourth-order valence-electron chi connectivity index (χ4n) is 3.26. The summed E-state index contributed by atoms with van der Waals surface area (Å²) in [6.07, 6.45) is 0. The molecule has 1 heterocycles. The number of nitrogens with one attached hydrogen (secondary N) is 2. The van der Waals surface area contributed by atoms with Gasteiger partial charge in [0.25, 0.3) is 5.91 Å². The number of amides is 1. The van der Waals surface area contributed by atoms with Crippen molar-refractivity contribution in [3.63, 3.8) is 0 Å². The fourth-order valence-corrected chi connectivity index (χ4v) is 3.38. The van der Waals surface area contributed by atoms with E-state index >= 15 is 0 Å². The molecule has 2 N–H and O–H groups in total. The van der Waals surface area contributed by atoms with E-state index in [4.69, 9.17) is 11.6 Å². The van der Waals surface area contributed by atoms with Crippen molar-refractivity contribution in [3.05, 3.63) is 64.7 Å². The Labute approximate surface area is 164 Å². The average molecular weight is 387 g/mol. The lowest BCUT2D eigenvalue weighted by atomic mass is 10.1. The first-order valence-electron chi connectivity index (χ1n) is 9.22. The quantitative estimate of drug-likeness (QED) is 0.741. The molecule has 6 heteroatoms. The standard InChI is InChI=1S/C21H24ClN3O2/c1-16(26)18-4-8-20(9-5-18)25-12-10-24(11-13-25)15-21(27)23-14-17-2-6-19(22)7-3-17/h2-9H,10-15H2,1H3,(H,23,27)/p+1. The SMILES string of the molecule is CC(=O)c1ccc(N2CC[NH+](CC(=O)NCc3ccc(Cl)cc3)CC2)cc1. The van der Waals surface area contributed by atoms with Crippen molar-refractivity contribution < 1.29 is 14.5 Å². The van der Waals surface area contributed by atoms with E-state index < -0.39 is 0 Å². The number of halogens is 1. The zero-order chi connectivity index (χ0) is 19.2. The smallest absolute Gasteiger partial charge is 0.275 e. The monoisotopic (exact) mass is 386 g/mol. The van der Waals surface area contributed by atoms with Crippen molar-refractivity contribution in [2.24, 2.45) is 0 Å². The third kappa shape index (κ3) is 5.55. The molecule has 1 fully saturated rings. The Balaban J connectivity index is 1.42. The van der Waals surface area contributed by atoms with E-state index in [1.165, 1.54) is 4.90 Å². The summed E-state index contributed by atoms with van der Waals surface area (Å²) in [6.45, 7) is 6.24. The fraction of sp³-hybridized carbons (Fsp3) is 0.333. The van der Waals surface area contributed by atoms with Gasteiger partial charge in [0.15, 0.2) is 12.3 Å². The third-order valence-electron chi connectivity index (χ3n) is 4.92. The predicted molar refractivity (Wildman–Crippen MR) is 108 cm³/mol. The van der Waals surface area contributed by atoms with Crippen molar-refractivity contribution in [2.75, 3.05) is 37.6 Å². The van der Waals surface area contributed by atoms with Gasteiger partial charge in [-0.15, -0.1) is 0 Å². The highest BCUT2D eigenvalue weighted by Crippen LogP contribution is 2.15. The van der Waals surface area contributed by atoms with Gasteiger partial charge in [0.05, 0.1) is 26.2 Å². The van der Waals surface area contributed by atoms with Crippen molar-refractivity contribution in [1.82, 2.24) is 5.32 Å². The molecule has 3 rings (SSSR count). The van der Waals surface area contributed by atoms with Crippen LogP contribution < -0.4 is 15.1 Å². The summed E-state index contributed by atoms with van der Waals surface area (Å²) in [5.74, 6) is 0.152. The topological polar surface area (TPSA) is 53.9 Å². The van der Waals surface area contributed by atoms with Crippen LogP contribution in [0.3, 0.4) is 0 Å². The minimum Gasteiger partial charge on any atom is -0.360 e. The number of ketones is 1. The molecule has 142 valence electrons. The molecule has 27 heavy (non-hydrogen) atoms. The molecule has 1 aliphatic heterocycles. The van der Waals surface area contributed by atoms with E-state index in [2.05, 4.69) is 10.2 Å². The summed E-state index contributed by atoms with van der Waals surface area (Å²) in [5.41, 5.74) is 2.91. The van der Waals surface area contributed by atoms with Gasteiger partial charge in [-0.25, -0.2) is 0 Å². The summed E-state index contributed by atoms with van der Waals surface area (Å²) in [4.78, 5) is 27.2. The summed E-state index contributed by atoms with van der Waals surface area (Å²) in [5, 5.41) is 3.67. The molecule has 0 atom stereocenters. The van der Waals surface area contributed by atoms with Gasteiger partial charge in [-0.1, -0.05) is 23.7 Å². The second-order valence-electron chi connectivity index (χ2n) is 6.92. The number of carbonyl (C=O) groups is 2. The molecular formula is C21H25ClN3O2+. The zero-order valence-corrected chi connectivity index (χ0v) is 16.3. The van der Waals surface area contributed by atoms with Gasteiger partial charge < -0.3 is 15.1 Å². The number of nitrogens with zero attached hydrogens (tertiary/aromatic N) is 1. The maximum absolute atomic E-state index is 12.2. The van der Waals surface area contributed by atoms with Crippen LogP contribution in [-0.4, -0.2) is 44.4 Å². The van der Waals surface area contributed by atoms with Gasteiger partial charge in [0.2, 0.25) is 0 Å². The Hall–Kier alpha value is -2.37. The van der Waals surface area contributed by atoms with Crippen LogP contribution in [-0.2, 0) is 11.3 Å². The maximum Gasteiger partial charge on any atom is 0.275 e. The summed E-state index contributed by atoms with van der Waals surface area (Å²) >= 11 is 5.87. The lowest BCUT2D eigenvalue weighted by molar-refractivity contribution is -0.892. The molecule has 0 unspecified atom stereocenters. The zero-order valence-electron chi connectivity index (χ0n) is 15.5. The summed E-state index contributed by atoms with van der Waals surface area (Å²) in [6, 6.07) is 15.3. The molecule has 1 saturated heterocycles. The normalized spacial score (nSPS) is 14.8. The van der Waals surface area contributed by atoms with E-state index in [1.807, 2.05) is 48.5 Å². The number of quaternary nitrogens is 1. The summed E-state index contributed by atoms with van der Waals surface area (Å²) in [7, 11) is 0. The Bertz CT molecular complexity index is 782. The number of hydrogen-bond acceptors (Lipinski definition) is 3. The van der Waals surface area contributed by atoms with Crippen LogP contribution in [0.4, 0.5) is 5.69 Å². The highest BCUT2D eigenvalue weighted by molar-refractivity contribution is 6.30. The molecule has 0 aromatic heterocycles. The second kappa shape index (κ2) is 9.02. The van der Waals surface area contributed by atoms with Crippen molar-refractivity contribution in [2.45, 2.75) is 13.5 Å². The van der Waals surface area contributed by atoms with E-state index in [1.54, 1.807) is 6.92 Å².